The van der Waals surface area contributed by atoms with Crippen molar-refractivity contribution in [3.8, 4) is 0 Å². The van der Waals surface area contributed by atoms with Crippen molar-refractivity contribution >= 4 is 21.8 Å². The average Bonchev–Trinajstić information content (AvgIpc) is 3.20. The van der Waals surface area contributed by atoms with Crippen LogP contribution in [0.1, 0.15) is 30.1 Å². The summed E-state index contributed by atoms with van der Waals surface area (Å²) in [4.78, 5) is 22.1. The molecule has 0 radical (unpaired) electrons. The molecule has 2 rings (SSSR count). The van der Waals surface area contributed by atoms with Crippen molar-refractivity contribution in [2.45, 2.75) is 30.7 Å². The molecule has 1 saturated carbocycles. The molecule has 0 heterocycles. The Labute approximate surface area is 117 Å². The first kappa shape index (κ1) is 14.7. The van der Waals surface area contributed by atoms with Crippen molar-refractivity contribution in [3.05, 3.63) is 29.8 Å². The molecular weight excluding hydrogens is 282 g/mol. The van der Waals surface area contributed by atoms with Gasteiger partial charge in [-0.2, -0.15) is 4.31 Å². The number of aliphatic carboxylic acids is 1. The fraction of sp³-hybridized carbons (Fsp3) is 0.385. The van der Waals surface area contributed by atoms with E-state index in [1.807, 2.05) is 0 Å². The van der Waals surface area contributed by atoms with Gasteiger partial charge in [-0.05, 0) is 31.9 Å². The third-order valence-electron chi connectivity index (χ3n) is 3.09. The van der Waals surface area contributed by atoms with E-state index < -0.39 is 22.5 Å². The van der Waals surface area contributed by atoms with Crippen LogP contribution in [0.25, 0.3) is 0 Å². The number of Topliss-reactive ketones (excluding diaryl/α,β-unsaturated/α-hetero) is 1. The lowest BCUT2D eigenvalue weighted by molar-refractivity contribution is -0.137. The number of hydrogen-bond donors (Lipinski definition) is 1. The summed E-state index contributed by atoms with van der Waals surface area (Å²) in [7, 11) is -3.89. The molecule has 0 aromatic heterocycles. The minimum Gasteiger partial charge on any atom is -0.480 e. The highest BCUT2D eigenvalue weighted by atomic mass is 32.2. The summed E-state index contributed by atoms with van der Waals surface area (Å²) in [6.45, 7) is 0.791. The van der Waals surface area contributed by atoms with Crippen LogP contribution in [0.15, 0.2) is 29.2 Å². The number of benzene rings is 1. The van der Waals surface area contributed by atoms with Gasteiger partial charge in [0.05, 0.1) is 4.90 Å². The molecule has 0 atom stereocenters. The molecular formula is C13H15NO5S. The van der Waals surface area contributed by atoms with Gasteiger partial charge in [0.25, 0.3) is 0 Å². The Hall–Kier alpha value is -1.73. The maximum atomic E-state index is 12.5. The van der Waals surface area contributed by atoms with Crippen LogP contribution in [-0.4, -0.2) is 42.2 Å². The monoisotopic (exact) mass is 297 g/mol. The molecule has 1 aromatic carbocycles. The minimum atomic E-state index is -3.89. The van der Waals surface area contributed by atoms with Crippen molar-refractivity contribution in [1.82, 2.24) is 4.31 Å². The SMILES string of the molecule is CC(=O)c1cccc(S(=O)(=O)N(CC(=O)O)C2CC2)c1. The molecule has 1 fully saturated rings. The van der Waals surface area contributed by atoms with Gasteiger partial charge in [0, 0.05) is 11.6 Å². The van der Waals surface area contributed by atoms with E-state index in [1.54, 1.807) is 0 Å². The number of hydrogen-bond acceptors (Lipinski definition) is 4. The van der Waals surface area contributed by atoms with Gasteiger partial charge < -0.3 is 5.11 Å². The van der Waals surface area contributed by atoms with Crippen molar-refractivity contribution in [2.24, 2.45) is 0 Å². The van der Waals surface area contributed by atoms with Gasteiger partial charge in [-0.25, -0.2) is 8.42 Å². The predicted octanol–water partition coefficient (Wildman–Crippen LogP) is 1.13. The summed E-state index contributed by atoms with van der Waals surface area (Å²) in [5, 5.41) is 8.85. The van der Waals surface area contributed by atoms with Crippen LogP contribution in [0, 0.1) is 0 Å². The van der Waals surface area contributed by atoms with E-state index in [2.05, 4.69) is 0 Å². The zero-order chi connectivity index (χ0) is 14.9. The number of carbonyl (C=O) groups is 2. The summed E-state index contributed by atoms with van der Waals surface area (Å²) in [5.41, 5.74) is 0.289. The van der Waals surface area contributed by atoms with E-state index in [1.165, 1.54) is 31.2 Å². The van der Waals surface area contributed by atoms with E-state index in [9.17, 15) is 18.0 Å². The van der Waals surface area contributed by atoms with Crippen molar-refractivity contribution in [2.75, 3.05) is 6.54 Å². The Kier molecular flexibility index (Phi) is 3.92. The van der Waals surface area contributed by atoms with E-state index in [0.29, 0.717) is 12.8 Å². The van der Waals surface area contributed by atoms with Crippen LogP contribution in [0.5, 0.6) is 0 Å². The first-order valence-electron chi connectivity index (χ1n) is 6.17. The van der Waals surface area contributed by atoms with Crippen LogP contribution >= 0.6 is 0 Å². The molecule has 1 aliphatic rings. The Balaban J connectivity index is 2.39. The number of carboxylic acids is 1. The van der Waals surface area contributed by atoms with E-state index in [4.69, 9.17) is 5.11 Å². The second-order valence-electron chi connectivity index (χ2n) is 4.76. The second kappa shape index (κ2) is 5.34. The first-order valence-corrected chi connectivity index (χ1v) is 7.61. The van der Waals surface area contributed by atoms with E-state index >= 15 is 0 Å². The molecule has 0 saturated heterocycles. The molecule has 7 heteroatoms. The maximum Gasteiger partial charge on any atom is 0.318 e. The van der Waals surface area contributed by atoms with Crippen LogP contribution in [0.3, 0.4) is 0 Å². The highest BCUT2D eigenvalue weighted by Gasteiger charge is 2.39. The van der Waals surface area contributed by atoms with Crippen molar-refractivity contribution in [3.63, 3.8) is 0 Å². The number of carboxylic acid groups (broad SMARTS) is 1. The van der Waals surface area contributed by atoms with Crippen molar-refractivity contribution in [1.29, 1.82) is 0 Å². The van der Waals surface area contributed by atoms with Gasteiger partial charge in [0.1, 0.15) is 6.54 Å². The highest BCUT2D eigenvalue weighted by molar-refractivity contribution is 7.89. The summed E-state index contributed by atoms with van der Waals surface area (Å²) >= 11 is 0. The lowest BCUT2D eigenvalue weighted by Gasteiger charge is -2.20. The number of carbonyl (C=O) groups excluding carboxylic acids is 1. The molecule has 0 aliphatic heterocycles. The molecule has 1 aromatic rings. The zero-order valence-corrected chi connectivity index (χ0v) is 11.8. The van der Waals surface area contributed by atoms with Crippen LogP contribution < -0.4 is 0 Å². The van der Waals surface area contributed by atoms with Crippen LogP contribution in [-0.2, 0) is 14.8 Å². The maximum absolute atomic E-state index is 12.5. The zero-order valence-electron chi connectivity index (χ0n) is 10.9. The molecule has 0 bridgehead atoms. The minimum absolute atomic E-state index is 0.0432. The molecule has 6 nitrogen and oxygen atoms in total. The topological polar surface area (TPSA) is 91.8 Å². The smallest absolute Gasteiger partial charge is 0.318 e. The molecule has 1 aliphatic carbocycles. The van der Waals surface area contributed by atoms with Gasteiger partial charge in [0.2, 0.25) is 10.0 Å². The summed E-state index contributed by atoms with van der Waals surface area (Å²) in [6.07, 6.45) is 1.33. The third-order valence-corrected chi connectivity index (χ3v) is 4.99. The fourth-order valence-corrected chi connectivity index (χ4v) is 3.60. The third kappa shape index (κ3) is 3.05. The first-order chi connectivity index (χ1) is 9.32. The summed E-state index contributed by atoms with van der Waals surface area (Å²) in [6, 6.07) is 5.42. The summed E-state index contributed by atoms with van der Waals surface area (Å²) < 4.78 is 25.9. The van der Waals surface area contributed by atoms with E-state index in [-0.39, 0.29) is 22.3 Å². The van der Waals surface area contributed by atoms with Gasteiger partial charge in [-0.3, -0.25) is 9.59 Å². The lowest BCUT2D eigenvalue weighted by Crippen LogP contribution is -2.37. The average molecular weight is 297 g/mol. The Morgan fingerprint density at radius 2 is 2.00 bits per heavy atom. The van der Waals surface area contributed by atoms with Crippen LogP contribution in [0.4, 0.5) is 0 Å². The van der Waals surface area contributed by atoms with Gasteiger partial charge >= 0.3 is 5.97 Å². The normalized spacial score (nSPS) is 15.3. The molecule has 0 unspecified atom stereocenters. The standard InChI is InChI=1S/C13H15NO5S/c1-9(15)10-3-2-4-12(7-10)20(18,19)14(8-13(16)17)11-5-6-11/h2-4,7,11H,5-6,8H2,1H3,(H,16,17). The second-order valence-corrected chi connectivity index (χ2v) is 6.65. The van der Waals surface area contributed by atoms with Gasteiger partial charge in [-0.1, -0.05) is 12.1 Å². The van der Waals surface area contributed by atoms with E-state index in [0.717, 1.165) is 4.31 Å². The Bertz CT molecular complexity index is 648. The Morgan fingerprint density at radius 3 is 2.50 bits per heavy atom. The molecule has 1 N–H and O–H groups in total. The summed E-state index contributed by atoms with van der Waals surface area (Å²) in [5.74, 6) is -1.43. The molecule has 20 heavy (non-hydrogen) atoms. The predicted molar refractivity (Wildman–Crippen MR) is 71.0 cm³/mol. The fourth-order valence-electron chi connectivity index (χ4n) is 1.92. The van der Waals surface area contributed by atoms with Gasteiger partial charge in [0.15, 0.2) is 5.78 Å². The number of rotatable bonds is 6. The Morgan fingerprint density at radius 1 is 1.35 bits per heavy atom. The lowest BCUT2D eigenvalue weighted by atomic mass is 10.2. The quantitative estimate of drug-likeness (QED) is 0.795. The van der Waals surface area contributed by atoms with Gasteiger partial charge in [-0.15, -0.1) is 0 Å². The number of ketones is 1. The molecule has 108 valence electrons. The van der Waals surface area contributed by atoms with Crippen molar-refractivity contribution < 1.29 is 23.1 Å². The molecule has 0 spiro atoms. The largest absolute Gasteiger partial charge is 0.480 e. The number of sulfonamides is 1. The van der Waals surface area contributed by atoms with Crippen LogP contribution in [0.2, 0.25) is 0 Å². The molecule has 0 amide bonds. The number of nitrogens with zero attached hydrogens (tertiary/aromatic N) is 1. The highest BCUT2D eigenvalue weighted by Crippen LogP contribution is 2.32.